The molecule has 17 heavy (non-hydrogen) atoms. The first kappa shape index (κ1) is 12.8. The summed E-state index contributed by atoms with van der Waals surface area (Å²) in [4.78, 5) is 16.5. The molecule has 0 aromatic heterocycles. The summed E-state index contributed by atoms with van der Waals surface area (Å²) in [6.07, 6.45) is 1.30. The third-order valence-electron chi connectivity index (χ3n) is 3.77. The molecule has 0 spiro atoms. The predicted molar refractivity (Wildman–Crippen MR) is 68.8 cm³/mol. The van der Waals surface area contributed by atoms with Crippen LogP contribution in [-0.2, 0) is 4.79 Å². The van der Waals surface area contributed by atoms with E-state index < -0.39 is 0 Å². The SMILES string of the molecule is CC1CC(C)CN(CC(=O)N2CCNCC2)C1. The fourth-order valence-electron chi connectivity index (χ4n) is 3.13. The van der Waals surface area contributed by atoms with E-state index in [2.05, 4.69) is 24.1 Å². The molecule has 2 unspecified atom stereocenters. The number of carbonyl (C=O) groups excluding carboxylic acids is 1. The van der Waals surface area contributed by atoms with Crippen molar-refractivity contribution in [1.29, 1.82) is 0 Å². The van der Waals surface area contributed by atoms with Gasteiger partial charge in [-0.15, -0.1) is 0 Å². The first-order valence-corrected chi connectivity index (χ1v) is 6.86. The van der Waals surface area contributed by atoms with Crippen LogP contribution in [-0.4, -0.2) is 61.5 Å². The molecule has 98 valence electrons. The third-order valence-corrected chi connectivity index (χ3v) is 3.77. The highest BCUT2D eigenvalue weighted by atomic mass is 16.2. The van der Waals surface area contributed by atoms with Crippen LogP contribution in [0.25, 0.3) is 0 Å². The van der Waals surface area contributed by atoms with Crippen molar-refractivity contribution in [2.24, 2.45) is 11.8 Å². The van der Waals surface area contributed by atoms with E-state index in [-0.39, 0.29) is 0 Å². The molecular weight excluding hydrogens is 214 g/mol. The van der Waals surface area contributed by atoms with Crippen LogP contribution in [0.3, 0.4) is 0 Å². The van der Waals surface area contributed by atoms with Crippen LogP contribution in [0.15, 0.2) is 0 Å². The highest BCUT2D eigenvalue weighted by Crippen LogP contribution is 2.20. The van der Waals surface area contributed by atoms with E-state index in [0.29, 0.717) is 12.5 Å². The minimum Gasteiger partial charge on any atom is -0.339 e. The number of piperazine rings is 1. The molecule has 1 N–H and O–H groups in total. The monoisotopic (exact) mass is 239 g/mol. The summed E-state index contributed by atoms with van der Waals surface area (Å²) in [6, 6.07) is 0. The van der Waals surface area contributed by atoms with Gasteiger partial charge in [-0.2, -0.15) is 0 Å². The van der Waals surface area contributed by atoms with Gasteiger partial charge in [0.15, 0.2) is 0 Å². The van der Waals surface area contributed by atoms with Gasteiger partial charge in [-0.1, -0.05) is 13.8 Å². The number of nitrogens with one attached hydrogen (secondary N) is 1. The van der Waals surface area contributed by atoms with Crippen molar-refractivity contribution >= 4 is 5.91 Å². The smallest absolute Gasteiger partial charge is 0.236 e. The van der Waals surface area contributed by atoms with Gasteiger partial charge in [0.2, 0.25) is 5.91 Å². The molecule has 0 saturated carbocycles. The van der Waals surface area contributed by atoms with Crippen LogP contribution in [0.4, 0.5) is 0 Å². The molecule has 2 heterocycles. The average Bonchev–Trinajstić information content (AvgIpc) is 2.28. The van der Waals surface area contributed by atoms with E-state index in [1.165, 1.54) is 6.42 Å². The van der Waals surface area contributed by atoms with E-state index in [4.69, 9.17) is 0 Å². The lowest BCUT2D eigenvalue weighted by Gasteiger charge is -2.36. The number of carbonyl (C=O) groups is 1. The summed E-state index contributed by atoms with van der Waals surface area (Å²) in [7, 11) is 0. The molecule has 2 aliphatic rings. The molecule has 2 fully saturated rings. The van der Waals surface area contributed by atoms with Gasteiger partial charge in [-0.25, -0.2) is 0 Å². The Bertz CT molecular complexity index is 253. The summed E-state index contributed by atoms with van der Waals surface area (Å²) in [5, 5.41) is 3.28. The van der Waals surface area contributed by atoms with Crippen molar-refractivity contribution in [2.45, 2.75) is 20.3 Å². The van der Waals surface area contributed by atoms with Crippen LogP contribution in [0.1, 0.15) is 20.3 Å². The molecule has 4 nitrogen and oxygen atoms in total. The zero-order chi connectivity index (χ0) is 12.3. The van der Waals surface area contributed by atoms with E-state index >= 15 is 0 Å². The molecule has 0 aliphatic carbocycles. The largest absolute Gasteiger partial charge is 0.339 e. The molecule has 0 aromatic carbocycles. The van der Waals surface area contributed by atoms with Crippen molar-refractivity contribution in [3.05, 3.63) is 0 Å². The van der Waals surface area contributed by atoms with Gasteiger partial charge in [0.25, 0.3) is 0 Å². The molecule has 1 amide bonds. The lowest BCUT2D eigenvalue weighted by molar-refractivity contribution is -0.133. The first-order valence-electron chi connectivity index (χ1n) is 6.86. The highest BCUT2D eigenvalue weighted by Gasteiger charge is 2.25. The lowest BCUT2D eigenvalue weighted by atomic mass is 9.92. The Labute approximate surface area is 104 Å². The van der Waals surface area contributed by atoms with Crippen molar-refractivity contribution in [3.63, 3.8) is 0 Å². The normalized spacial score (nSPS) is 31.5. The second kappa shape index (κ2) is 5.83. The Balaban J connectivity index is 1.80. The van der Waals surface area contributed by atoms with E-state index in [1.54, 1.807) is 0 Å². The minimum atomic E-state index is 0.313. The Morgan fingerprint density at radius 1 is 1.18 bits per heavy atom. The summed E-state index contributed by atoms with van der Waals surface area (Å²) in [6.45, 7) is 11.0. The fraction of sp³-hybridized carbons (Fsp3) is 0.923. The molecule has 2 saturated heterocycles. The summed E-state index contributed by atoms with van der Waals surface area (Å²) >= 11 is 0. The predicted octanol–water partition coefficient (Wildman–Crippen LogP) is 0.396. The fourth-order valence-corrected chi connectivity index (χ4v) is 3.13. The molecule has 2 rings (SSSR count). The van der Waals surface area contributed by atoms with E-state index in [0.717, 1.165) is 51.1 Å². The maximum absolute atomic E-state index is 12.1. The molecular formula is C13H25N3O. The summed E-state index contributed by atoms with van der Waals surface area (Å²) in [5.41, 5.74) is 0. The Kier molecular flexibility index (Phi) is 4.40. The van der Waals surface area contributed by atoms with Gasteiger partial charge >= 0.3 is 0 Å². The van der Waals surface area contributed by atoms with Crippen molar-refractivity contribution in [2.75, 3.05) is 45.8 Å². The number of rotatable bonds is 2. The van der Waals surface area contributed by atoms with Crippen molar-refractivity contribution in [1.82, 2.24) is 15.1 Å². The number of amides is 1. The van der Waals surface area contributed by atoms with Gasteiger partial charge in [-0.05, 0) is 18.3 Å². The van der Waals surface area contributed by atoms with Gasteiger partial charge < -0.3 is 10.2 Å². The van der Waals surface area contributed by atoms with Gasteiger partial charge in [0.1, 0.15) is 0 Å². The standard InChI is InChI=1S/C13H25N3O/c1-11-7-12(2)9-15(8-11)10-13(17)16-5-3-14-4-6-16/h11-12,14H,3-10H2,1-2H3. The molecule has 0 radical (unpaired) electrons. The number of hydrogen-bond acceptors (Lipinski definition) is 3. The number of hydrogen-bond donors (Lipinski definition) is 1. The summed E-state index contributed by atoms with van der Waals surface area (Å²) < 4.78 is 0. The lowest BCUT2D eigenvalue weighted by Crippen LogP contribution is -2.51. The minimum absolute atomic E-state index is 0.313. The van der Waals surface area contributed by atoms with Gasteiger partial charge in [0, 0.05) is 39.3 Å². The van der Waals surface area contributed by atoms with Crippen LogP contribution in [0.5, 0.6) is 0 Å². The molecule has 0 aromatic rings. The molecule has 0 bridgehead atoms. The molecule has 2 atom stereocenters. The third kappa shape index (κ3) is 3.68. The van der Waals surface area contributed by atoms with Crippen LogP contribution in [0.2, 0.25) is 0 Å². The molecule has 4 heteroatoms. The van der Waals surface area contributed by atoms with Crippen LogP contribution >= 0.6 is 0 Å². The first-order chi connectivity index (χ1) is 8.15. The quantitative estimate of drug-likeness (QED) is 0.757. The average molecular weight is 239 g/mol. The van der Waals surface area contributed by atoms with Crippen LogP contribution < -0.4 is 5.32 Å². The zero-order valence-electron chi connectivity index (χ0n) is 11.1. The Hall–Kier alpha value is -0.610. The highest BCUT2D eigenvalue weighted by molar-refractivity contribution is 5.78. The zero-order valence-corrected chi connectivity index (χ0v) is 11.1. The number of piperidine rings is 1. The summed E-state index contributed by atoms with van der Waals surface area (Å²) in [5.74, 6) is 1.77. The van der Waals surface area contributed by atoms with Gasteiger partial charge in [-0.3, -0.25) is 9.69 Å². The Morgan fingerprint density at radius 2 is 1.76 bits per heavy atom. The van der Waals surface area contributed by atoms with E-state index in [9.17, 15) is 4.79 Å². The van der Waals surface area contributed by atoms with Crippen molar-refractivity contribution in [3.8, 4) is 0 Å². The Morgan fingerprint density at radius 3 is 2.35 bits per heavy atom. The van der Waals surface area contributed by atoms with Crippen molar-refractivity contribution < 1.29 is 4.79 Å². The molecule has 2 aliphatic heterocycles. The number of nitrogens with zero attached hydrogens (tertiary/aromatic N) is 2. The van der Waals surface area contributed by atoms with Gasteiger partial charge in [0.05, 0.1) is 6.54 Å². The maximum Gasteiger partial charge on any atom is 0.236 e. The van der Waals surface area contributed by atoms with Crippen LogP contribution in [0, 0.1) is 11.8 Å². The second-order valence-corrected chi connectivity index (χ2v) is 5.77. The second-order valence-electron chi connectivity index (χ2n) is 5.77. The number of likely N-dealkylation sites (tertiary alicyclic amines) is 1. The topological polar surface area (TPSA) is 35.6 Å². The van der Waals surface area contributed by atoms with E-state index in [1.807, 2.05) is 4.90 Å². The maximum atomic E-state index is 12.1.